The number of aliphatic carboxylic acids is 1. The molecule has 0 saturated heterocycles. The largest absolute Gasteiger partial charge is 0.481 e. The van der Waals surface area contributed by atoms with E-state index in [-0.39, 0.29) is 12.2 Å². The fourth-order valence-corrected chi connectivity index (χ4v) is 1.34. The number of carbonyl (C=O) groups is 2. The van der Waals surface area contributed by atoms with E-state index in [4.69, 9.17) is 16.7 Å². The lowest BCUT2D eigenvalue weighted by molar-refractivity contribution is -0.141. The van der Waals surface area contributed by atoms with Crippen LogP contribution >= 0.6 is 11.6 Å². The minimum Gasteiger partial charge on any atom is -0.481 e. The van der Waals surface area contributed by atoms with E-state index in [1.54, 1.807) is 24.3 Å². The van der Waals surface area contributed by atoms with E-state index in [2.05, 4.69) is 0 Å². The molecule has 0 amide bonds. The fraction of sp³-hybridized carbons (Fsp3) is 0.273. The third-order valence-electron chi connectivity index (χ3n) is 2.06. The summed E-state index contributed by atoms with van der Waals surface area (Å²) in [6.07, 6.45) is -0.00429. The average Bonchev–Trinajstić information content (AvgIpc) is 2.17. The normalized spacial score (nSPS) is 12.1. The second-order valence-electron chi connectivity index (χ2n) is 3.38. The van der Waals surface area contributed by atoms with Gasteiger partial charge in [0.15, 0.2) is 5.78 Å². The average molecular weight is 227 g/mol. The van der Waals surface area contributed by atoms with E-state index in [1.807, 2.05) is 0 Å². The van der Waals surface area contributed by atoms with E-state index >= 15 is 0 Å². The van der Waals surface area contributed by atoms with Crippen molar-refractivity contribution < 1.29 is 14.7 Å². The van der Waals surface area contributed by atoms with Crippen molar-refractivity contribution in [2.45, 2.75) is 13.3 Å². The van der Waals surface area contributed by atoms with E-state index in [0.29, 0.717) is 10.6 Å². The zero-order valence-electron chi connectivity index (χ0n) is 8.24. The summed E-state index contributed by atoms with van der Waals surface area (Å²) in [7, 11) is 0. The minimum atomic E-state index is -0.967. The summed E-state index contributed by atoms with van der Waals surface area (Å²) in [5.74, 6) is -1.84. The molecule has 0 heterocycles. The maximum atomic E-state index is 11.6. The van der Waals surface area contributed by atoms with E-state index in [0.717, 1.165) is 0 Å². The predicted molar refractivity (Wildman–Crippen MR) is 57.2 cm³/mol. The van der Waals surface area contributed by atoms with Crippen LogP contribution in [0.2, 0.25) is 5.02 Å². The fourth-order valence-electron chi connectivity index (χ4n) is 1.15. The number of carboxylic acids is 1. The molecule has 1 aromatic rings. The Morgan fingerprint density at radius 2 is 2.13 bits per heavy atom. The summed E-state index contributed by atoms with van der Waals surface area (Å²) in [4.78, 5) is 22.1. The number of hydrogen-bond acceptors (Lipinski definition) is 2. The van der Waals surface area contributed by atoms with Gasteiger partial charge in [-0.25, -0.2) is 0 Å². The lowest BCUT2D eigenvalue weighted by Crippen LogP contribution is -2.14. The van der Waals surface area contributed by atoms with Crippen LogP contribution < -0.4 is 0 Å². The van der Waals surface area contributed by atoms with Gasteiger partial charge in [-0.3, -0.25) is 9.59 Å². The number of Topliss-reactive ketones (excluding diaryl/α,β-unsaturated/α-hetero) is 1. The van der Waals surface area contributed by atoms with Crippen molar-refractivity contribution in [1.29, 1.82) is 0 Å². The summed E-state index contributed by atoms with van der Waals surface area (Å²) < 4.78 is 0. The van der Waals surface area contributed by atoms with Crippen LogP contribution in [0, 0.1) is 5.92 Å². The Balaban J connectivity index is 2.73. The highest BCUT2D eigenvalue weighted by Crippen LogP contribution is 2.14. The van der Waals surface area contributed by atoms with Crippen molar-refractivity contribution in [2.24, 2.45) is 5.92 Å². The van der Waals surface area contributed by atoms with Crippen molar-refractivity contribution in [3.63, 3.8) is 0 Å². The van der Waals surface area contributed by atoms with Gasteiger partial charge in [-0.2, -0.15) is 0 Å². The first-order valence-electron chi connectivity index (χ1n) is 4.52. The molecule has 1 atom stereocenters. The van der Waals surface area contributed by atoms with Crippen molar-refractivity contribution >= 4 is 23.4 Å². The lowest BCUT2D eigenvalue weighted by Gasteiger charge is -2.05. The molecule has 4 heteroatoms. The number of halogens is 1. The predicted octanol–water partition coefficient (Wildman–Crippen LogP) is 2.63. The van der Waals surface area contributed by atoms with Crippen LogP contribution in [0.15, 0.2) is 24.3 Å². The minimum absolute atomic E-state index is 0.00429. The topological polar surface area (TPSA) is 54.4 Å². The molecule has 0 aromatic heterocycles. The molecule has 0 bridgehead atoms. The van der Waals surface area contributed by atoms with Gasteiger partial charge in [0.2, 0.25) is 0 Å². The summed E-state index contributed by atoms with van der Waals surface area (Å²) in [5.41, 5.74) is 0.454. The van der Waals surface area contributed by atoms with Crippen molar-refractivity contribution in [2.75, 3.05) is 0 Å². The van der Waals surface area contributed by atoms with Gasteiger partial charge < -0.3 is 5.11 Å². The first-order chi connectivity index (χ1) is 7.00. The van der Waals surface area contributed by atoms with Gasteiger partial charge >= 0.3 is 5.97 Å². The molecule has 0 spiro atoms. The van der Waals surface area contributed by atoms with Gasteiger partial charge in [-0.15, -0.1) is 0 Å². The number of ketones is 1. The zero-order chi connectivity index (χ0) is 11.4. The van der Waals surface area contributed by atoms with E-state index < -0.39 is 11.9 Å². The Bertz CT molecular complexity index is 387. The second kappa shape index (κ2) is 4.94. The van der Waals surface area contributed by atoms with Crippen molar-refractivity contribution in [3.05, 3.63) is 34.9 Å². The molecular formula is C11H11ClO3. The number of carbonyl (C=O) groups excluding carboxylic acids is 1. The highest BCUT2D eigenvalue weighted by molar-refractivity contribution is 6.31. The summed E-state index contributed by atoms with van der Waals surface area (Å²) in [6, 6.07) is 6.50. The van der Waals surface area contributed by atoms with Gasteiger partial charge in [0.05, 0.1) is 5.92 Å². The van der Waals surface area contributed by atoms with Gasteiger partial charge in [0, 0.05) is 17.0 Å². The SMILES string of the molecule is CC(CC(=O)c1cccc(Cl)c1)C(=O)O. The Morgan fingerprint density at radius 1 is 1.47 bits per heavy atom. The van der Waals surface area contributed by atoms with Crippen LogP contribution in [-0.4, -0.2) is 16.9 Å². The molecule has 15 heavy (non-hydrogen) atoms. The molecule has 1 aromatic carbocycles. The summed E-state index contributed by atoms with van der Waals surface area (Å²) in [6.45, 7) is 1.50. The molecule has 1 N–H and O–H groups in total. The Kier molecular flexibility index (Phi) is 3.86. The highest BCUT2D eigenvalue weighted by atomic mass is 35.5. The molecule has 1 unspecified atom stereocenters. The number of benzene rings is 1. The maximum absolute atomic E-state index is 11.6. The standard InChI is InChI=1S/C11H11ClO3/c1-7(11(14)15)5-10(13)8-3-2-4-9(12)6-8/h2-4,6-7H,5H2,1H3,(H,14,15). The Hall–Kier alpha value is -1.35. The molecule has 0 saturated carbocycles. The van der Waals surface area contributed by atoms with Gasteiger partial charge in [0.1, 0.15) is 0 Å². The van der Waals surface area contributed by atoms with E-state index in [9.17, 15) is 9.59 Å². The molecule has 0 fully saturated rings. The monoisotopic (exact) mass is 226 g/mol. The van der Waals surface area contributed by atoms with Crippen LogP contribution in [-0.2, 0) is 4.79 Å². The molecule has 0 aliphatic rings. The third-order valence-corrected chi connectivity index (χ3v) is 2.29. The van der Waals surface area contributed by atoms with Crippen molar-refractivity contribution in [1.82, 2.24) is 0 Å². The summed E-state index contributed by atoms with van der Waals surface area (Å²) in [5, 5.41) is 9.13. The lowest BCUT2D eigenvalue weighted by atomic mass is 10.00. The number of carboxylic acid groups (broad SMARTS) is 1. The first-order valence-corrected chi connectivity index (χ1v) is 4.90. The Labute approximate surface area is 92.7 Å². The van der Waals surface area contributed by atoms with Gasteiger partial charge in [-0.05, 0) is 12.1 Å². The smallest absolute Gasteiger partial charge is 0.306 e. The maximum Gasteiger partial charge on any atom is 0.306 e. The molecule has 80 valence electrons. The molecule has 1 rings (SSSR count). The molecule has 3 nitrogen and oxygen atoms in total. The zero-order valence-corrected chi connectivity index (χ0v) is 8.99. The molecule has 0 aliphatic heterocycles. The number of rotatable bonds is 4. The van der Waals surface area contributed by atoms with Crippen LogP contribution in [0.3, 0.4) is 0 Å². The Morgan fingerprint density at radius 3 is 2.67 bits per heavy atom. The van der Waals surface area contributed by atoms with Crippen LogP contribution in [0.25, 0.3) is 0 Å². The third kappa shape index (κ3) is 3.36. The molecule has 0 aliphatic carbocycles. The van der Waals surface area contributed by atoms with Crippen LogP contribution in [0.1, 0.15) is 23.7 Å². The highest BCUT2D eigenvalue weighted by Gasteiger charge is 2.16. The number of hydrogen-bond donors (Lipinski definition) is 1. The molecular weight excluding hydrogens is 216 g/mol. The first kappa shape index (κ1) is 11.7. The second-order valence-corrected chi connectivity index (χ2v) is 3.81. The van der Waals surface area contributed by atoms with E-state index in [1.165, 1.54) is 6.92 Å². The van der Waals surface area contributed by atoms with Gasteiger partial charge in [-0.1, -0.05) is 30.7 Å². The van der Waals surface area contributed by atoms with Crippen LogP contribution in [0.5, 0.6) is 0 Å². The van der Waals surface area contributed by atoms with Crippen molar-refractivity contribution in [3.8, 4) is 0 Å². The van der Waals surface area contributed by atoms with Gasteiger partial charge in [0.25, 0.3) is 0 Å². The molecule has 0 radical (unpaired) electrons. The van der Waals surface area contributed by atoms with Crippen LogP contribution in [0.4, 0.5) is 0 Å². The quantitative estimate of drug-likeness (QED) is 0.803. The summed E-state index contributed by atoms with van der Waals surface area (Å²) >= 11 is 5.72.